The van der Waals surface area contributed by atoms with E-state index < -0.39 is 0 Å². The lowest BCUT2D eigenvalue weighted by atomic mass is 10.0. The van der Waals surface area contributed by atoms with E-state index in [2.05, 4.69) is 15.5 Å². The molecule has 0 aliphatic heterocycles. The van der Waals surface area contributed by atoms with E-state index in [-0.39, 0.29) is 11.9 Å². The van der Waals surface area contributed by atoms with Gasteiger partial charge in [-0.1, -0.05) is 43.3 Å². The van der Waals surface area contributed by atoms with Crippen molar-refractivity contribution in [2.45, 2.75) is 19.4 Å². The van der Waals surface area contributed by atoms with Gasteiger partial charge in [-0.15, -0.1) is 0 Å². The highest BCUT2D eigenvalue weighted by atomic mass is 16.5. The summed E-state index contributed by atoms with van der Waals surface area (Å²) in [4.78, 5) is 12.6. The molecule has 3 aromatic rings. The average Bonchev–Trinajstić information content (AvgIpc) is 3.03. The van der Waals surface area contributed by atoms with E-state index in [4.69, 9.17) is 4.74 Å². The summed E-state index contributed by atoms with van der Waals surface area (Å²) in [5.74, 6) is 0.576. The lowest BCUT2D eigenvalue weighted by Gasteiger charge is -2.19. The molecule has 0 saturated heterocycles. The minimum atomic E-state index is -0.194. The Morgan fingerprint density at radius 1 is 1.22 bits per heavy atom. The Hall–Kier alpha value is -2.82. The Balaban J connectivity index is 1.88. The maximum absolute atomic E-state index is 12.6. The number of amides is 1. The summed E-state index contributed by atoms with van der Waals surface area (Å²) >= 11 is 0. The zero-order valence-electron chi connectivity index (χ0n) is 13.2. The summed E-state index contributed by atoms with van der Waals surface area (Å²) in [7, 11) is 1.63. The zero-order valence-corrected chi connectivity index (χ0v) is 13.2. The number of H-pyrrole nitrogens is 1. The van der Waals surface area contributed by atoms with E-state index in [1.165, 1.54) is 0 Å². The van der Waals surface area contributed by atoms with Crippen LogP contribution in [0.25, 0.3) is 10.9 Å². The SMILES string of the molecule is CC[C@@H](NC(=O)c1n[nH]c2ccccc12)c1ccccc1OC. The second kappa shape index (κ2) is 6.52. The fourth-order valence-electron chi connectivity index (χ4n) is 2.72. The van der Waals surface area contributed by atoms with Crippen molar-refractivity contribution in [2.24, 2.45) is 0 Å². The molecule has 0 spiro atoms. The van der Waals surface area contributed by atoms with Gasteiger partial charge in [0.25, 0.3) is 5.91 Å². The molecular formula is C18H19N3O2. The molecule has 0 bridgehead atoms. The van der Waals surface area contributed by atoms with Crippen LogP contribution < -0.4 is 10.1 Å². The van der Waals surface area contributed by atoms with Crippen molar-refractivity contribution < 1.29 is 9.53 Å². The number of nitrogens with zero attached hydrogens (tertiary/aromatic N) is 1. The average molecular weight is 309 g/mol. The molecule has 0 unspecified atom stereocenters. The molecule has 1 atom stereocenters. The molecule has 3 rings (SSSR count). The summed E-state index contributed by atoms with van der Waals surface area (Å²) < 4.78 is 5.40. The van der Waals surface area contributed by atoms with Gasteiger partial charge in [-0.05, 0) is 18.6 Å². The molecule has 23 heavy (non-hydrogen) atoms. The molecule has 118 valence electrons. The fraction of sp³-hybridized carbons (Fsp3) is 0.222. The second-order valence-electron chi connectivity index (χ2n) is 5.29. The van der Waals surface area contributed by atoms with E-state index >= 15 is 0 Å². The lowest BCUT2D eigenvalue weighted by Crippen LogP contribution is -2.28. The molecule has 0 fully saturated rings. The number of nitrogens with one attached hydrogen (secondary N) is 2. The highest BCUT2D eigenvalue weighted by Gasteiger charge is 2.20. The third-order valence-corrected chi connectivity index (χ3v) is 3.91. The van der Waals surface area contributed by atoms with Gasteiger partial charge in [0, 0.05) is 10.9 Å². The van der Waals surface area contributed by atoms with E-state index in [1.54, 1.807) is 7.11 Å². The van der Waals surface area contributed by atoms with Gasteiger partial charge in [0.2, 0.25) is 0 Å². The number of hydrogen-bond acceptors (Lipinski definition) is 3. The molecule has 0 saturated carbocycles. The molecule has 2 N–H and O–H groups in total. The number of para-hydroxylation sites is 2. The van der Waals surface area contributed by atoms with Crippen LogP contribution in [0.5, 0.6) is 5.75 Å². The van der Waals surface area contributed by atoms with Crippen LogP contribution in [-0.4, -0.2) is 23.2 Å². The summed E-state index contributed by atoms with van der Waals surface area (Å²) in [5.41, 5.74) is 2.22. The number of hydrogen-bond donors (Lipinski definition) is 2. The van der Waals surface area contributed by atoms with Crippen LogP contribution >= 0.6 is 0 Å². The summed E-state index contributed by atoms with van der Waals surface area (Å²) in [6.07, 6.45) is 0.758. The van der Waals surface area contributed by atoms with E-state index in [9.17, 15) is 4.79 Å². The molecule has 0 aliphatic rings. The Bertz CT molecular complexity index is 826. The molecule has 1 aromatic heterocycles. The zero-order chi connectivity index (χ0) is 16.2. The Kier molecular flexibility index (Phi) is 4.28. The number of methoxy groups -OCH3 is 1. The van der Waals surface area contributed by atoms with Crippen LogP contribution in [0.4, 0.5) is 0 Å². The maximum atomic E-state index is 12.6. The topological polar surface area (TPSA) is 67.0 Å². The van der Waals surface area contributed by atoms with Crippen molar-refractivity contribution in [3.8, 4) is 5.75 Å². The normalized spacial score (nSPS) is 12.1. The summed E-state index contributed by atoms with van der Waals surface area (Å²) in [6.45, 7) is 2.03. The molecule has 0 radical (unpaired) electrons. The number of carbonyl (C=O) groups is 1. The number of fused-ring (bicyclic) bond motifs is 1. The first-order valence-electron chi connectivity index (χ1n) is 7.61. The van der Waals surface area contributed by atoms with E-state index in [0.717, 1.165) is 28.6 Å². The van der Waals surface area contributed by atoms with Gasteiger partial charge in [-0.3, -0.25) is 9.89 Å². The van der Waals surface area contributed by atoms with Crippen LogP contribution in [0.1, 0.15) is 35.4 Å². The first-order chi connectivity index (χ1) is 11.2. The number of ether oxygens (including phenoxy) is 1. The first-order valence-corrected chi connectivity index (χ1v) is 7.61. The van der Waals surface area contributed by atoms with Crippen molar-refractivity contribution in [2.75, 3.05) is 7.11 Å². The Morgan fingerprint density at radius 2 is 1.96 bits per heavy atom. The van der Waals surface area contributed by atoms with Gasteiger partial charge in [0.15, 0.2) is 5.69 Å². The van der Waals surface area contributed by atoms with Crippen LogP contribution in [0.3, 0.4) is 0 Å². The highest BCUT2D eigenvalue weighted by Crippen LogP contribution is 2.27. The monoisotopic (exact) mass is 309 g/mol. The van der Waals surface area contributed by atoms with E-state index in [1.807, 2.05) is 55.5 Å². The van der Waals surface area contributed by atoms with Crippen molar-refractivity contribution in [1.82, 2.24) is 15.5 Å². The molecule has 5 heteroatoms. The standard InChI is InChI=1S/C18H19N3O2/c1-3-14(12-8-5-7-11-16(12)23-2)19-18(22)17-13-9-4-6-10-15(13)20-21-17/h4-11,14H,3H2,1-2H3,(H,19,22)(H,20,21)/t14-/m1/s1. The van der Waals surface area contributed by atoms with Gasteiger partial charge in [-0.25, -0.2) is 0 Å². The fourth-order valence-corrected chi connectivity index (χ4v) is 2.72. The third kappa shape index (κ3) is 2.90. The molecule has 5 nitrogen and oxygen atoms in total. The van der Waals surface area contributed by atoms with Crippen LogP contribution in [0, 0.1) is 0 Å². The number of rotatable bonds is 5. The summed E-state index contributed by atoms with van der Waals surface area (Å²) in [6, 6.07) is 15.2. The molecule has 2 aromatic carbocycles. The molecule has 1 heterocycles. The smallest absolute Gasteiger partial charge is 0.272 e. The lowest BCUT2D eigenvalue weighted by molar-refractivity contribution is 0.0931. The van der Waals surface area contributed by atoms with Crippen molar-refractivity contribution in [1.29, 1.82) is 0 Å². The molecular weight excluding hydrogens is 290 g/mol. The van der Waals surface area contributed by atoms with Crippen molar-refractivity contribution in [3.05, 3.63) is 59.8 Å². The van der Waals surface area contributed by atoms with Crippen LogP contribution in [-0.2, 0) is 0 Å². The highest BCUT2D eigenvalue weighted by molar-refractivity contribution is 6.04. The van der Waals surface area contributed by atoms with Gasteiger partial charge in [0.05, 0.1) is 18.7 Å². The predicted molar refractivity (Wildman–Crippen MR) is 89.6 cm³/mol. The Morgan fingerprint density at radius 3 is 2.74 bits per heavy atom. The van der Waals surface area contributed by atoms with Gasteiger partial charge in [-0.2, -0.15) is 5.10 Å². The molecule has 0 aliphatic carbocycles. The van der Waals surface area contributed by atoms with Gasteiger partial charge in [0.1, 0.15) is 5.75 Å². The number of carbonyl (C=O) groups excluding carboxylic acids is 1. The van der Waals surface area contributed by atoms with Crippen LogP contribution in [0.15, 0.2) is 48.5 Å². The minimum absolute atomic E-state index is 0.130. The van der Waals surface area contributed by atoms with E-state index in [0.29, 0.717) is 5.69 Å². The first kappa shape index (κ1) is 15.1. The number of aromatic nitrogens is 2. The third-order valence-electron chi connectivity index (χ3n) is 3.91. The van der Waals surface area contributed by atoms with Gasteiger partial charge < -0.3 is 10.1 Å². The second-order valence-corrected chi connectivity index (χ2v) is 5.29. The largest absolute Gasteiger partial charge is 0.496 e. The van der Waals surface area contributed by atoms with Crippen molar-refractivity contribution >= 4 is 16.8 Å². The number of benzene rings is 2. The summed E-state index contributed by atoms with van der Waals surface area (Å²) in [5, 5.41) is 10.9. The predicted octanol–water partition coefficient (Wildman–Crippen LogP) is 3.45. The molecule has 1 amide bonds. The minimum Gasteiger partial charge on any atom is -0.496 e. The van der Waals surface area contributed by atoms with Crippen molar-refractivity contribution in [3.63, 3.8) is 0 Å². The number of aromatic amines is 1. The Labute approximate surface area is 134 Å². The van der Waals surface area contributed by atoms with Gasteiger partial charge >= 0.3 is 0 Å². The van der Waals surface area contributed by atoms with Crippen LogP contribution in [0.2, 0.25) is 0 Å². The quantitative estimate of drug-likeness (QED) is 0.758. The maximum Gasteiger partial charge on any atom is 0.272 e.